The highest BCUT2D eigenvalue weighted by Gasteiger charge is 2.17. The highest BCUT2D eigenvalue weighted by atomic mass is 19.1. The summed E-state index contributed by atoms with van der Waals surface area (Å²) in [6, 6.07) is 9.31. The van der Waals surface area contributed by atoms with E-state index >= 15 is 0 Å². The summed E-state index contributed by atoms with van der Waals surface area (Å²) >= 11 is 0. The van der Waals surface area contributed by atoms with Crippen molar-refractivity contribution < 1.29 is 18.7 Å². The Hall–Kier alpha value is -4.40. The van der Waals surface area contributed by atoms with Crippen LogP contribution in [0.1, 0.15) is 41.6 Å². The van der Waals surface area contributed by atoms with Crippen LogP contribution in [-0.4, -0.2) is 31.3 Å². The van der Waals surface area contributed by atoms with Crippen molar-refractivity contribution in [3.05, 3.63) is 83.8 Å². The van der Waals surface area contributed by atoms with E-state index in [1.807, 2.05) is 12.1 Å². The first kappa shape index (κ1) is 21.4. The van der Waals surface area contributed by atoms with Crippen molar-refractivity contribution in [3.8, 4) is 11.6 Å². The van der Waals surface area contributed by atoms with Gasteiger partial charge in [-0.3, -0.25) is 14.6 Å². The second-order valence-corrected chi connectivity index (χ2v) is 7.91. The molecule has 0 bridgehead atoms. The first-order chi connectivity index (χ1) is 16.6. The van der Waals surface area contributed by atoms with Gasteiger partial charge < -0.3 is 10.1 Å². The Bertz CT molecular complexity index is 1400. The molecule has 170 valence electrons. The fourth-order valence-electron chi connectivity index (χ4n) is 3.82. The van der Waals surface area contributed by atoms with Gasteiger partial charge in [0.25, 0.3) is 5.91 Å². The molecule has 0 unspecified atom stereocenters. The SMILES string of the molecule is O=C1CCC(=Cc2ccn3ncnc(Oc4ccc(NC(=O)c5cccnc5)cc4F)c23)CC1. The largest absolute Gasteiger partial charge is 0.434 e. The predicted molar refractivity (Wildman–Crippen MR) is 123 cm³/mol. The first-order valence-electron chi connectivity index (χ1n) is 10.8. The third-order valence-electron chi connectivity index (χ3n) is 5.58. The summed E-state index contributed by atoms with van der Waals surface area (Å²) in [5.74, 6) is -0.610. The number of pyridine rings is 1. The summed E-state index contributed by atoms with van der Waals surface area (Å²) in [5, 5.41) is 6.84. The lowest BCUT2D eigenvalue weighted by atomic mass is 9.92. The number of carbonyl (C=O) groups excluding carboxylic acids is 2. The number of ketones is 1. The minimum absolute atomic E-state index is 0.0388. The zero-order valence-electron chi connectivity index (χ0n) is 18.1. The van der Waals surface area contributed by atoms with Crippen LogP contribution in [0.25, 0.3) is 11.6 Å². The maximum atomic E-state index is 14.8. The number of aromatic nitrogens is 4. The molecular weight excluding hydrogens is 437 g/mol. The average molecular weight is 457 g/mol. The molecule has 0 spiro atoms. The van der Waals surface area contributed by atoms with Crippen LogP contribution in [0.2, 0.25) is 0 Å². The van der Waals surface area contributed by atoms with Crippen LogP contribution in [0.5, 0.6) is 11.6 Å². The van der Waals surface area contributed by atoms with Crippen molar-refractivity contribution in [3.63, 3.8) is 0 Å². The Morgan fingerprint density at radius 2 is 2.00 bits per heavy atom. The van der Waals surface area contributed by atoms with Crippen LogP contribution in [0.4, 0.5) is 10.1 Å². The van der Waals surface area contributed by atoms with E-state index in [-0.39, 0.29) is 23.1 Å². The maximum Gasteiger partial charge on any atom is 0.257 e. The highest BCUT2D eigenvalue weighted by Crippen LogP contribution is 2.32. The fourth-order valence-corrected chi connectivity index (χ4v) is 3.82. The molecule has 0 atom stereocenters. The van der Waals surface area contributed by atoms with Crippen molar-refractivity contribution >= 4 is 29.0 Å². The van der Waals surface area contributed by atoms with Crippen molar-refractivity contribution in [1.29, 1.82) is 0 Å². The van der Waals surface area contributed by atoms with E-state index < -0.39 is 11.7 Å². The smallest absolute Gasteiger partial charge is 0.257 e. The Kier molecular flexibility index (Phi) is 5.82. The lowest BCUT2D eigenvalue weighted by molar-refractivity contribution is -0.119. The van der Waals surface area contributed by atoms with Crippen LogP contribution in [-0.2, 0) is 4.79 Å². The number of fused-ring (bicyclic) bond motifs is 1. The van der Waals surface area contributed by atoms with Gasteiger partial charge >= 0.3 is 0 Å². The molecule has 4 aromatic rings. The number of Topliss-reactive ketones (excluding diaryl/α,β-unsaturated/α-hetero) is 1. The average Bonchev–Trinajstić information content (AvgIpc) is 3.26. The maximum absolute atomic E-state index is 14.8. The molecule has 1 amide bonds. The molecule has 1 aliphatic rings. The molecule has 1 saturated carbocycles. The second-order valence-electron chi connectivity index (χ2n) is 7.91. The number of hydrogen-bond donors (Lipinski definition) is 1. The standard InChI is InChI=1S/C25H20FN5O3/c26-21-13-19(30-24(33)18-2-1-10-27-14-18)5-8-22(21)34-25-23-17(9-11-31(23)29-15-28-25)12-16-3-6-20(32)7-4-16/h1-2,5,8-15H,3-4,6-7H2,(H,30,33). The van der Waals surface area contributed by atoms with Crippen molar-refractivity contribution in [1.82, 2.24) is 19.6 Å². The Balaban J connectivity index is 1.39. The lowest BCUT2D eigenvalue weighted by Gasteiger charge is -2.13. The summed E-state index contributed by atoms with van der Waals surface area (Å²) in [6.07, 6.45) is 10.7. The third-order valence-corrected chi connectivity index (χ3v) is 5.58. The van der Waals surface area contributed by atoms with Crippen LogP contribution in [0.15, 0.2) is 66.9 Å². The number of halogens is 1. The van der Waals surface area contributed by atoms with Crippen LogP contribution >= 0.6 is 0 Å². The van der Waals surface area contributed by atoms with Gasteiger partial charge in [0.1, 0.15) is 17.6 Å². The number of rotatable bonds is 5. The van der Waals surface area contributed by atoms with Crippen LogP contribution in [0, 0.1) is 5.82 Å². The minimum Gasteiger partial charge on any atom is -0.434 e. The minimum atomic E-state index is -0.655. The molecule has 0 radical (unpaired) electrons. The number of ether oxygens (including phenoxy) is 1. The zero-order valence-corrected chi connectivity index (χ0v) is 18.1. The summed E-state index contributed by atoms with van der Waals surface area (Å²) in [5.41, 5.74) is 3.25. The number of nitrogens with zero attached hydrogens (tertiary/aromatic N) is 4. The topological polar surface area (TPSA) is 98.5 Å². The second kappa shape index (κ2) is 9.22. The van der Waals surface area contributed by atoms with E-state index in [9.17, 15) is 14.0 Å². The third kappa shape index (κ3) is 4.54. The molecule has 1 aliphatic carbocycles. The molecule has 3 heterocycles. The van der Waals surface area contributed by atoms with Gasteiger partial charge in [-0.25, -0.2) is 8.91 Å². The Morgan fingerprint density at radius 3 is 2.76 bits per heavy atom. The number of hydrogen-bond acceptors (Lipinski definition) is 6. The summed E-state index contributed by atoms with van der Waals surface area (Å²) in [7, 11) is 0. The van der Waals surface area contributed by atoms with Gasteiger partial charge in [0, 0.05) is 48.7 Å². The molecule has 1 N–H and O–H groups in total. The van der Waals surface area contributed by atoms with E-state index in [4.69, 9.17) is 4.74 Å². The molecule has 5 rings (SSSR count). The van der Waals surface area contributed by atoms with E-state index in [0.29, 0.717) is 23.9 Å². The highest BCUT2D eigenvalue weighted by molar-refractivity contribution is 6.04. The molecule has 0 aliphatic heterocycles. The molecule has 34 heavy (non-hydrogen) atoms. The number of benzene rings is 1. The van der Waals surface area contributed by atoms with E-state index in [1.165, 1.54) is 30.2 Å². The number of allylic oxidation sites excluding steroid dienone is 1. The molecule has 0 saturated heterocycles. The summed E-state index contributed by atoms with van der Waals surface area (Å²) in [6.45, 7) is 0. The van der Waals surface area contributed by atoms with Gasteiger partial charge in [0.15, 0.2) is 11.6 Å². The molecule has 1 fully saturated rings. The first-order valence-corrected chi connectivity index (χ1v) is 10.8. The number of anilines is 1. The summed E-state index contributed by atoms with van der Waals surface area (Å²) in [4.78, 5) is 31.9. The molecular formula is C25H20FN5O3. The van der Waals surface area contributed by atoms with E-state index in [2.05, 4.69) is 20.4 Å². The van der Waals surface area contributed by atoms with Crippen molar-refractivity contribution in [2.24, 2.45) is 0 Å². The monoisotopic (exact) mass is 457 g/mol. The number of carbonyl (C=O) groups is 2. The van der Waals surface area contributed by atoms with Gasteiger partial charge in [0.2, 0.25) is 5.88 Å². The van der Waals surface area contributed by atoms with E-state index in [0.717, 1.165) is 18.4 Å². The van der Waals surface area contributed by atoms with Gasteiger partial charge in [-0.2, -0.15) is 10.1 Å². The fraction of sp³-hybridized carbons (Fsp3) is 0.160. The normalized spacial score (nSPS) is 13.7. The van der Waals surface area contributed by atoms with Gasteiger partial charge in [-0.15, -0.1) is 0 Å². The molecule has 3 aromatic heterocycles. The van der Waals surface area contributed by atoms with Crippen LogP contribution in [0.3, 0.4) is 0 Å². The molecule has 1 aromatic carbocycles. The van der Waals surface area contributed by atoms with Gasteiger partial charge in [-0.05, 0) is 43.2 Å². The quantitative estimate of drug-likeness (QED) is 0.461. The summed E-state index contributed by atoms with van der Waals surface area (Å²) < 4.78 is 22.3. The Morgan fingerprint density at radius 1 is 1.15 bits per heavy atom. The number of nitrogens with one attached hydrogen (secondary N) is 1. The number of amides is 1. The van der Waals surface area contributed by atoms with Crippen molar-refractivity contribution in [2.75, 3.05) is 5.32 Å². The predicted octanol–water partition coefficient (Wildman–Crippen LogP) is 4.83. The zero-order chi connectivity index (χ0) is 23.5. The van der Waals surface area contributed by atoms with Crippen molar-refractivity contribution in [2.45, 2.75) is 25.7 Å². The van der Waals surface area contributed by atoms with Gasteiger partial charge in [-0.1, -0.05) is 11.6 Å². The molecule has 8 nitrogen and oxygen atoms in total. The Labute approximate surface area is 194 Å². The molecule has 9 heteroatoms. The van der Waals surface area contributed by atoms with E-state index in [1.54, 1.807) is 35.1 Å². The van der Waals surface area contributed by atoms with Gasteiger partial charge in [0.05, 0.1) is 5.56 Å². The lowest BCUT2D eigenvalue weighted by Crippen LogP contribution is -2.12. The van der Waals surface area contributed by atoms with Crippen LogP contribution < -0.4 is 10.1 Å².